The molecule has 1 saturated heterocycles. The van der Waals surface area contributed by atoms with Crippen LogP contribution in [0, 0.1) is 3.57 Å². The standard InChI is InChI=1S/C13H13ClINO3/c14-9-7-8(4-5-10(9)15)12(17)16-6-2-1-3-11(16)13(18)19/h4-5,7,11H,1-3,6H2,(H,18,19). The molecule has 1 fully saturated rings. The number of carbonyl (C=O) groups excluding carboxylic acids is 1. The van der Waals surface area contributed by atoms with Gasteiger partial charge in [0, 0.05) is 15.7 Å². The Morgan fingerprint density at radius 2 is 2.11 bits per heavy atom. The summed E-state index contributed by atoms with van der Waals surface area (Å²) in [5, 5.41) is 9.69. The molecule has 0 aliphatic carbocycles. The van der Waals surface area contributed by atoms with Crippen molar-refractivity contribution in [2.75, 3.05) is 6.54 Å². The quantitative estimate of drug-likeness (QED) is 0.786. The molecule has 0 saturated carbocycles. The van der Waals surface area contributed by atoms with Gasteiger partial charge in [0.15, 0.2) is 0 Å². The Kier molecular flexibility index (Phi) is 4.67. The van der Waals surface area contributed by atoms with Crippen molar-refractivity contribution in [3.05, 3.63) is 32.4 Å². The third kappa shape index (κ3) is 3.20. The van der Waals surface area contributed by atoms with E-state index in [1.165, 1.54) is 4.90 Å². The molecule has 2 rings (SSSR count). The fourth-order valence-corrected chi connectivity index (χ4v) is 2.74. The molecule has 4 nitrogen and oxygen atoms in total. The van der Waals surface area contributed by atoms with Crippen LogP contribution in [0.15, 0.2) is 18.2 Å². The summed E-state index contributed by atoms with van der Waals surface area (Å²) < 4.78 is 0.865. The SMILES string of the molecule is O=C(O)C1CCCCN1C(=O)c1ccc(I)c(Cl)c1. The Labute approximate surface area is 129 Å². The normalized spacial score (nSPS) is 19.3. The third-order valence-corrected chi connectivity index (χ3v) is 4.79. The van der Waals surface area contributed by atoms with E-state index in [1.54, 1.807) is 18.2 Å². The second kappa shape index (κ2) is 6.09. The first-order chi connectivity index (χ1) is 9.00. The van der Waals surface area contributed by atoms with E-state index < -0.39 is 12.0 Å². The maximum absolute atomic E-state index is 12.4. The van der Waals surface area contributed by atoms with Crippen molar-refractivity contribution < 1.29 is 14.7 Å². The molecular formula is C13H13ClINO3. The Balaban J connectivity index is 2.26. The van der Waals surface area contributed by atoms with Gasteiger partial charge >= 0.3 is 5.97 Å². The van der Waals surface area contributed by atoms with Crippen LogP contribution >= 0.6 is 34.2 Å². The average Bonchev–Trinajstić information content (AvgIpc) is 2.41. The van der Waals surface area contributed by atoms with Crippen molar-refractivity contribution >= 4 is 46.1 Å². The van der Waals surface area contributed by atoms with Crippen LogP contribution in [-0.4, -0.2) is 34.5 Å². The summed E-state index contributed by atoms with van der Waals surface area (Å²) in [6.45, 7) is 0.486. The molecule has 1 aliphatic heterocycles. The van der Waals surface area contributed by atoms with Crippen molar-refractivity contribution in [1.82, 2.24) is 4.90 Å². The van der Waals surface area contributed by atoms with Gasteiger partial charge in [-0.3, -0.25) is 4.79 Å². The van der Waals surface area contributed by atoms with E-state index in [1.807, 2.05) is 0 Å². The lowest BCUT2D eigenvalue weighted by molar-refractivity contribution is -0.143. The molecule has 0 bridgehead atoms. The number of rotatable bonds is 2. The summed E-state index contributed by atoms with van der Waals surface area (Å²) in [5.74, 6) is -1.20. The lowest BCUT2D eigenvalue weighted by Crippen LogP contribution is -2.47. The monoisotopic (exact) mass is 393 g/mol. The van der Waals surface area contributed by atoms with Gasteiger partial charge in [0.2, 0.25) is 0 Å². The van der Waals surface area contributed by atoms with Gasteiger partial charge in [0.05, 0.1) is 5.02 Å². The molecule has 0 radical (unpaired) electrons. The predicted molar refractivity (Wildman–Crippen MR) is 80.5 cm³/mol. The van der Waals surface area contributed by atoms with E-state index in [9.17, 15) is 14.7 Å². The number of nitrogens with zero attached hydrogens (tertiary/aromatic N) is 1. The zero-order chi connectivity index (χ0) is 14.0. The van der Waals surface area contributed by atoms with Gasteiger partial charge in [-0.25, -0.2) is 4.79 Å². The van der Waals surface area contributed by atoms with Crippen molar-refractivity contribution in [2.45, 2.75) is 25.3 Å². The van der Waals surface area contributed by atoms with E-state index in [4.69, 9.17) is 11.6 Å². The maximum Gasteiger partial charge on any atom is 0.326 e. The maximum atomic E-state index is 12.4. The minimum atomic E-state index is -0.940. The molecule has 1 atom stereocenters. The third-order valence-electron chi connectivity index (χ3n) is 3.22. The van der Waals surface area contributed by atoms with Crippen LogP contribution in [0.5, 0.6) is 0 Å². The fourth-order valence-electron chi connectivity index (χ4n) is 2.23. The smallest absolute Gasteiger partial charge is 0.326 e. The number of hydrogen-bond acceptors (Lipinski definition) is 2. The number of carbonyl (C=O) groups is 2. The number of hydrogen-bond donors (Lipinski definition) is 1. The summed E-state index contributed by atoms with van der Waals surface area (Å²) in [5.41, 5.74) is 0.443. The topological polar surface area (TPSA) is 57.6 Å². The molecule has 1 aromatic carbocycles. The first kappa shape index (κ1) is 14.6. The number of carboxylic acid groups (broad SMARTS) is 1. The minimum Gasteiger partial charge on any atom is -0.480 e. The number of benzene rings is 1. The van der Waals surface area contributed by atoms with Crippen LogP contribution < -0.4 is 0 Å². The number of likely N-dealkylation sites (tertiary alicyclic amines) is 1. The van der Waals surface area contributed by atoms with Gasteiger partial charge in [-0.05, 0) is 60.1 Å². The van der Waals surface area contributed by atoms with E-state index >= 15 is 0 Å². The van der Waals surface area contributed by atoms with Crippen molar-refractivity contribution in [3.63, 3.8) is 0 Å². The Morgan fingerprint density at radius 1 is 1.37 bits per heavy atom. The number of amides is 1. The zero-order valence-electron chi connectivity index (χ0n) is 10.1. The van der Waals surface area contributed by atoms with Crippen LogP contribution in [0.1, 0.15) is 29.6 Å². The van der Waals surface area contributed by atoms with Gasteiger partial charge in [0.1, 0.15) is 6.04 Å². The molecule has 0 aromatic heterocycles. The molecule has 1 amide bonds. The first-order valence-electron chi connectivity index (χ1n) is 5.99. The largest absolute Gasteiger partial charge is 0.480 e. The van der Waals surface area contributed by atoms with E-state index in [-0.39, 0.29) is 5.91 Å². The van der Waals surface area contributed by atoms with Gasteiger partial charge in [-0.1, -0.05) is 11.6 Å². The summed E-state index contributed by atoms with van der Waals surface area (Å²) in [6, 6.07) is 4.32. The van der Waals surface area contributed by atoms with Gasteiger partial charge < -0.3 is 10.0 Å². The van der Waals surface area contributed by atoms with Crippen LogP contribution in [0.25, 0.3) is 0 Å². The second-order valence-corrected chi connectivity index (χ2v) is 6.05. The molecule has 0 spiro atoms. The van der Waals surface area contributed by atoms with E-state index in [0.29, 0.717) is 23.6 Å². The van der Waals surface area contributed by atoms with Crippen LogP contribution in [-0.2, 0) is 4.79 Å². The average molecular weight is 394 g/mol. The molecule has 1 aromatic rings. The Morgan fingerprint density at radius 3 is 2.74 bits per heavy atom. The number of aliphatic carboxylic acids is 1. The van der Waals surface area contributed by atoms with Gasteiger partial charge in [0.25, 0.3) is 5.91 Å². The highest BCUT2D eigenvalue weighted by molar-refractivity contribution is 14.1. The van der Waals surface area contributed by atoms with E-state index in [2.05, 4.69) is 22.6 Å². The highest BCUT2D eigenvalue weighted by atomic mass is 127. The summed E-state index contributed by atoms with van der Waals surface area (Å²) >= 11 is 8.08. The fraction of sp³-hybridized carbons (Fsp3) is 0.385. The Hall–Kier alpha value is -0.820. The van der Waals surface area contributed by atoms with Crippen molar-refractivity contribution in [2.24, 2.45) is 0 Å². The number of carboxylic acids is 1. The van der Waals surface area contributed by atoms with Crippen LogP contribution in [0.4, 0.5) is 0 Å². The summed E-state index contributed by atoms with van der Waals surface area (Å²) in [6.07, 6.45) is 2.20. The highest BCUT2D eigenvalue weighted by Gasteiger charge is 2.32. The summed E-state index contributed by atoms with van der Waals surface area (Å²) in [4.78, 5) is 25.0. The van der Waals surface area contributed by atoms with Crippen molar-refractivity contribution in [1.29, 1.82) is 0 Å². The first-order valence-corrected chi connectivity index (χ1v) is 7.45. The van der Waals surface area contributed by atoms with Gasteiger partial charge in [-0.2, -0.15) is 0 Å². The molecule has 1 heterocycles. The van der Waals surface area contributed by atoms with Crippen LogP contribution in [0.2, 0.25) is 5.02 Å². The zero-order valence-corrected chi connectivity index (χ0v) is 13.0. The van der Waals surface area contributed by atoms with Gasteiger partial charge in [-0.15, -0.1) is 0 Å². The summed E-state index contributed by atoms with van der Waals surface area (Å²) in [7, 11) is 0. The van der Waals surface area contributed by atoms with Crippen molar-refractivity contribution in [3.8, 4) is 0 Å². The number of halogens is 2. The lowest BCUT2D eigenvalue weighted by atomic mass is 10.0. The predicted octanol–water partition coefficient (Wildman–Crippen LogP) is 3.02. The minimum absolute atomic E-state index is 0.259. The highest BCUT2D eigenvalue weighted by Crippen LogP contribution is 2.23. The molecule has 19 heavy (non-hydrogen) atoms. The molecular weight excluding hydrogens is 381 g/mol. The molecule has 6 heteroatoms. The second-order valence-electron chi connectivity index (χ2n) is 4.48. The molecule has 1 N–H and O–H groups in total. The van der Waals surface area contributed by atoms with Crippen LogP contribution in [0.3, 0.4) is 0 Å². The number of piperidine rings is 1. The Bertz CT molecular complexity index is 521. The van der Waals surface area contributed by atoms with E-state index in [0.717, 1.165) is 16.4 Å². The molecule has 102 valence electrons. The molecule has 1 unspecified atom stereocenters. The lowest BCUT2D eigenvalue weighted by Gasteiger charge is -2.33. The molecule has 1 aliphatic rings.